The Morgan fingerprint density at radius 2 is 2.27 bits per heavy atom. The summed E-state index contributed by atoms with van der Waals surface area (Å²) in [7, 11) is 0. The van der Waals surface area contributed by atoms with Crippen LogP contribution in [0.25, 0.3) is 11.0 Å². The Hall–Kier alpha value is -2.10. The van der Waals surface area contributed by atoms with Gasteiger partial charge in [-0.1, -0.05) is 12.1 Å². The van der Waals surface area contributed by atoms with Crippen molar-refractivity contribution in [2.75, 3.05) is 0 Å². The van der Waals surface area contributed by atoms with Gasteiger partial charge in [-0.3, -0.25) is 0 Å². The molecule has 2 aromatic heterocycles. The summed E-state index contributed by atoms with van der Waals surface area (Å²) in [5.41, 5.74) is 2.08. The standard InChI is InChI=1S/C11H10N4/c1-2-4-10-9(3-1)13-11(14-10)7-15-6-5-12-8-15/h1-6,12H,7H2,(H,13,14). The number of rotatable bonds is 2. The minimum Gasteiger partial charge on any atom is -0.363 e. The third-order valence-electron chi connectivity index (χ3n) is 2.30. The average molecular weight is 198 g/mol. The quantitative estimate of drug-likeness (QED) is 0.469. The zero-order valence-corrected chi connectivity index (χ0v) is 8.07. The van der Waals surface area contributed by atoms with E-state index < -0.39 is 0 Å². The monoisotopic (exact) mass is 198 g/mol. The first-order chi connectivity index (χ1) is 7.42. The predicted molar refractivity (Wildman–Crippen MR) is 55.0 cm³/mol. The van der Waals surface area contributed by atoms with Gasteiger partial charge in [-0.25, -0.2) is 4.98 Å². The molecule has 0 radical (unpaired) electrons. The maximum Gasteiger partial charge on any atom is 0.202 e. The van der Waals surface area contributed by atoms with E-state index in [1.54, 1.807) is 0 Å². The highest BCUT2D eigenvalue weighted by molar-refractivity contribution is 5.74. The molecule has 3 aromatic rings. The SMILES string of the molecule is [c-]1[nH]cc[n+]1Cc1nc2ccccc2[nH]1. The molecule has 0 amide bonds. The minimum atomic E-state index is 0.707. The second kappa shape index (κ2) is 3.24. The van der Waals surface area contributed by atoms with Gasteiger partial charge < -0.3 is 14.5 Å². The van der Waals surface area contributed by atoms with Crippen molar-refractivity contribution in [1.29, 1.82) is 0 Å². The second-order valence-corrected chi connectivity index (χ2v) is 3.40. The van der Waals surface area contributed by atoms with Crippen molar-refractivity contribution in [3.05, 3.63) is 48.8 Å². The summed E-state index contributed by atoms with van der Waals surface area (Å²) in [6.45, 7) is 0.707. The van der Waals surface area contributed by atoms with Crippen LogP contribution < -0.4 is 4.57 Å². The van der Waals surface area contributed by atoms with Crippen LogP contribution in [-0.4, -0.2) is 15.0 Å². The number of benzene rings is 1. The van der Waals surface area contributed by atoms with Crippen molar-refractivity contribution < 1.29 is 4.57 Å². The average Bonchev–Trinajstić information content (AvgIpc) is 2.86. The molecule has 0 aliphatic heterocycles. The van der Waals surface area contributed by atoms with Crippen molar-refractivity contribution in [3.8, 4) is 0 Å². The summed E-state index contributed by atoms with van der Waals surface area (Å²) in [5.74, 6) is 0.942. The van der Waals surface area contributed by atoms with Gasteiger partial charge in [0.05, 0.1) is 11.0 Å². The van der Waals surface area contributed by atoms with Gasteiger partial charge >= 0.3 is 0 Å². The van der Waals surface area contributed by atoms with Crippen LogP contribution >= 0.6 is 0 Å². The van der Waals surface area contributed by atoms with Gasteiger partial charge in [-0.05, 0) is 24.5 Å². The molecule has 4 nitrogen and oxygen atoms in total. The van der Waals surface area contributed by atoms with Crippen molar-refractivity contribution in [3.63, 3.8) is 0 Å². The summed E-state index contributed by atoms with van der Waals surface area (Å²) in [4.78, 5) is 10.6. The second-order valence-electron chi connectivity index (χ2n) is 3.40. The Morgan fingerprint density at radius 3 is 3.07 bits per heavy atom. The number of hydrogen-bond donors (Lipinski definition) is 2. The predicted octanol–water partition coefficient (Wildman–Crippen LogP) is 1.03. The highest BCUT2D eigenvalue weighted by atomic mass is 15.1. The Bertz CT molecular complexity index is 532. The molecule has 0 bridgehead atoms. The van der Waals surface area contributed by atoms with E-state index in [0.717, 1.165) is 16.9 Å². The number of para-hydroxylation sites is 2. The Labute approximate surface area is 86.6 Å². The number of hydrogen-bond acceptors (Lipinski definition) is 1. The van der Waals surface area contributed by atoms with Crippen molar-refractivity contribution >= 4 is 11.0 Å². The number of fused-ring (bicyclic) bond motifs is 1. The number of aromatic nitrogens is 4. The lowest BCUT2D eigenvalue weighted by Gasteiger charge is -1.94. The number of nitrogens with one attached hydrogen (secondary N) is 2. The van der Waals surface area contributed by atoms with Crippen molar-refractivity contribution in [1.82, 2.24) is 15.0 Å². The first-order valence-corrected chi connectivity index (χ1v) is 4.80. The summed E-state index contributed by atoms with van der Waals surface area (Å²) in [6.07, 6.45) is 6.72. The lowest BCUT2D eigenvalue weighted by molar-refractivity contribution is -0.692. The molecule has 74 valence electrons. The summed E-state index contributed by atoms with van der Waals surface area (Å²) in [6, 6.07) is 8.01. The van der Waals surface area contributed by atoms with Gasteiger partial charge in [-0.15, -0.1) is 0 Å². The normalized spacial score (nSPS) is 10.9. The van der Waals surface area contributed by atoms with Crippen molar-refractivity contribution in [2.24, 2.45) is 0 Å². The van der Waals surface area contributed by atoms with E-state index in [2.05, 4.69) is 21.3 Å². The van der Waals surface area contributed by atoms with E-state index >= 15 is 0 Å². The number of H-pyrrole nitrogens is 2. The van der Waals surface area contributed by atoms with Crippen LogP contribution in [0.4, 0.5) is 0 Å². The number of aromatic amines is 2. The number of nitrogens with zero attached hydrogens (tertiary/aromatic N) is 2. The molecule has 0 aliphatic carbocycles. The Morgan fingerprint density at radius 1 is 1.33 bits per heavy atom. The maximum atomic E-state index is 4.48. The van der Waals surface area contributed by atoms with Crippen LogP contribution in [-0.2, 0) is 6.54 Å². The molecule has 15 heavy (non-hydrogen) atoms. The fourth-order valence-electron chi connectivity index (χ4n) is 1.62. The minimum absolute atomic E-state index is 0.707. The van der Waals surface area contributed by atoms with E-state index in [9.17, 15) is 0 Å². The van der Waals surface area contributed by atoms with E-state index in [1.807, 2.05) is 41.2 Å². The smallest absolute Gasteiger partial charge is 0.202 e. The number of imidazole rings is 2. The highest BCUT2D eigenvalue weighted by Gasteiger charge is 2.02. The zero-order chi connectivity index (χ0) is 10.1. The van der Waals surface area contributed by atoms with Crippen LogP contribution in [0, 0.1) is 6.33 Å². The largest absolute Gasteiger partial charge is 0.363 e. The molecule has 3 rings (SSSR count). The van der Waals surface area contributed by atoms with Gasteiger partial charge in [0.25, 0.3) is 0 Å². The third-order valence-corrected chi connectivity index (χ3v) is 2.30. The molecule has 0 fully saturated rings. The van der Waals surface area contributed by atoms with E-state index in [4.69, 9.17) is 0 Å². The molecule has 4 heteroatoms. The fraction of sp³-hybridized carbons (Fsp3) is 0.0909. The molecule has 0 atom stereocenters. The molecule has 0 saturated carbocycles. The molecular formula is C11H10N4. The van der Waals surface area contributed by atoms with E-state index in [-0.39, 0.29) is 0 Å². The molecule has 0 spiro atoms. The van der Waals surface area contributed by atoms with Crippen molar-refractivity contribution in [2.45, 2.75) is 6.54 Å². The summed E-state index contributed by atoms with van der Waals surface area (Å²) >= 11 is 0. The van der Waals surface area contributed by atoms with E-state index in [0.29, 0.717) is 6.54 Å². The first-order valence-electron chi connectivity index (χ1n) is 4.80. The van der Waals surface area contributed by atoms with Crippen LogP contribution in [0.2, 0.25) is 0 Å². The highest BCUT2D eigenvalue weighted by Crippen LogP contribution is 2.09. The fourth-order valence-corrected chi connectivity index (χ4v) is 1.62. The van der Waals surface area contributed by atoms with Crippen LogP contribution in [0.3, 0.4) is 0 Å². The molecule has 1 aromatic carbocycles. The van der Waals surface area contributed by atoms with Gasteiger partial charge in [0.2, 0.25) is 6.33 Å². The van der Waals surface area contributed by atoms with Crippen LogP contribution in [0.5, 0.6) is 0 Å². The Kier molecular flexibility index (Phi) is 1.78. The molecule has 0 unspecified atom stereocenters. The van der Waals surface area contributed by atoms with Gasteiger partial charge in [0.15, 0.2) is 0 Å². The molecular weight excluding hydrogens is 188 g/mol. The lowest BCUT2D eigenvalue weighted by atomic mass is 10.3. The summed E-state index contributed by atoms with van der Waals surface area (Å²) < 4.78 is 1.91. The molecule has 2 N–H and O–H groups in total. The van der Waals surface area contributed by atoms with Crippen LogP contribution in [0.15, 0.2) is 36.7 Å². The first kappa shape index (κ1) is 8.23. The molecule has 0 saturated heterocycles. The zero-order valence-electron chi connectivity index (χ0n) is 8.07. The maximum absolute atomic E-state index is 4.48. The van der Waals surface area contributed by atoms with Gasteiger partial charge in [-0.2, -0.15) is 0 Å². The van der Waals surface area contributed by atoms with Crippen LogP contribution in [0.1, 0.15) is 5.82 Å². The van der Waals surface area contributed by atoms with Gasteiger partial charge in [0, 0.05) is 0 Å². The van der Waals surface area contributed by atoms with Gasteiger partial charge in [0.1, 0.15) is 12.4 Å². The third kappa shape index (κ3) is 1.50. The Balaban J connectivity index is 1.98. The van der Waals surface area contributed by atoms with E-state index in [1.165, 1.54) is 0 Å². The summed E-state index contributed by atoms with van der Waals surface area (Å²) in [5, 5.41) is 0. The molecule has 0 aliphatic rings. The molecule has 2 heterocycles. The lowest BCUT2D eigenvalue weighted by Crippen LogP contribution is -2.32. The topological polar surface area (TPSA) is 48.4 Å².